The molecule has 1 atom stereocenters. The van der Waals surface area contributed by atoms with E-state index in [0.717, 1.165) is 6.54 Å². The molecule has 1 aliphatic carbocycles. The highest BCUT2D eigenvalue weighted by molar-refractivity contribution is 9.11. The van der Waals surface area contributed by atoms with E-state index >= 15 is 0 Å². The number of aryl methyl sites for hydroxylation is 1. The minimum absolute atomic E-state index is 0.438. The molecule has 106 valence electrons. The van der Waals surface area contributed by atoms with E-state index < -0.39 is 0 Å². The predicted molar refractivity (Wildman–Crippen MR) is 89.0 cm³/mol. The van der Waals surface area contributed by atoms with Gasteiger partial charge in [-0.05, 0) is 73.1 Å². The van der Waals surface area contributed by atoms with Gasteiger partial charge in [-0.15, -0.1) is 11.3 Å². The Morgan fingerprint density at radius 1 is 1.37 bits per heavy atom. The molecule has 0 saturated carbocycles. The maximum absolute atomic E-state index is 3.75. The number of nitrogens with one attached hydrogen (secondary N) is 1. The van der Waals surface area contributed by atoms with Crippen LogP contribution in [0.1, 0.15) is 61.9 Å². The highest BCUT2D eigenvalue weighted by atomic mass is 79.9. The molecule has 0 saturated heterocycles. The summed E-state index contributed by atoms with van der Waals surface area (Å²) in [6, 6.07) is 2.78. The third-order valence-electron chi connectivity index (χ3n) is 3.71. The van der Waals surface area contributed by atoms with Gasteiger partial charge in [0, 0.05) is 4.88 Å². The molecule has 1 aromatic heterocycles. The van der Waals surface area contributed by atoms with Crippen molar-refractivity contribution in [3.8, 4) is 0 Å². The van der Waals surface area contributed by atoms with Crippen molar-refractivity contribution in [2.24, 2.45) is 0 Å². The molecule has 0 aromatic carbocycles. The van der Waals surface area contributed by atoms with Crippen molar-refractivity contribution in [3.63, 3.8) is 0 Å². The highest BCUT2D eigenvalue weighted by Crippen LogP contribution is 2.36. The average molecular weight is 342 g/mol. The normalized spacial score (nSPS) is 17.9. The van der Waals surface area contributed by atoms with Gasteiger partial charge in [-0.2, -0.15) is 0 Å². The Morgan fingerprint density at radius 2 is 2.21 bits per heavy atom. The Balaban J connectivity index is 2.21. The van der Waals surface area contributed by atoms with E-state index in [1.807, 2.05) is 11.3 Å². The van der Waals surface area contributed by atoms with E-state index in [0.29, 0.717) is 6.04 Å². The first-order chi connectivity index (χ1) is 9.22. The molecule has 1 N–H and O–H groups in total. The van der Waals surface area contributed by atoms with Crippen molar-refractivity contribution in [3.05, 3.63) is 31.9 Å². The summed E-state index contributed by atoms with van der Waals surface area (Å²) in [4.78, 5) is 1.46. The Labute approximate surface area is 129 Å². The Hall–Kier alpha value is -0.120. The van der Waals surface area contributed by atoms with Gasteiger partial charge in [0.15, 0.2) is 0 Å². The van der Waals surface area contributed by atoms with Gasteiger partial charge in [-0.1, -0.05) is 25.0 Å². The van der Waals surface area contributed by atoms with Crippen LogP contribution in [0.5, 0.6) is 0 Å². The second kappa shape index (κ2) is 7.61. The fourth-order valence-corrected chi connectivity index (χ4v) is 4.32. The SMILES string of the molecule is CCCNC(C1=CCCCCC1)c1cc(C)c(Br)s1. The number of thiophene rings is 1. The van der Waals surface area contributed by atoms with Gasteiger partial charge in [0.1, 0.15) is 0 Å². The summed E-state index contributed by atoms with van der Waals surface area (Å²) in [5.74, 6) is 0. The van der Waals surface area contributed by atoms with Gasteiger partial charge < -0.3 is 5.32 Å². The van der Waals surface area contributed by atoms with Crippen LogP contribution in [-0.4, -0.2) is 6.54 Å². The first kappa shape index (κ1) is 15.3. The fourth-order valence-electron chi connectivity index (χ4n) is 2.63. The van der Waals surface area contributed by atoms with Gasteiger partial charge >= 0.3 is 0 Å². The molecule has 2 rings (SSSR count). The summed E-state index contributed by atoms with van der Waals surface area (Å²) < 4.78 is 1.28. The quantitative estimate of drug-likeness (QED) is 0.672. The maximum atomic E-state index is 3.75. The molecule has 1 aliphatic rings. The van der Waals surface area contributed by atoms with Gasteiger partial charge in [0.05, 0.1) is 9.83 Å². The summed E-state index contributed by atoms with van der Waals surface area (Å²) in [6.45, 7) is 5.51. The van der Waals surface area contributed by atoms with Gasteiger partial charge in [0.2, 0.25) is 0 Å². The number of halogens is 1. The van der Waals surface area contributed by atoms with E-state index in [1.165, 1.54) is 52.8 Å². The largest absolute Gasteiger partial charge is 0.306 e. The van der Waals surface area contributed by atoms with Crippen LogP contribution in [0.3, 0.4) is 0 Å². The molecule has 1 unspecified atom stereocenters. The first-order valence-electron chi connectivity index (χ1n) is 7.40. The van der Waals surface area contributed by atoms with Crippen LogP contribution >= 0.6 is 27.3 Å². The van der Waals surface area contributed by atoms with Crippen LogP contribution < -0.4 is 5.32 Å². The minimum atomic E-state index is 0.438. The molecule has 0 amide bonds. The third-order valence-corrected chi connectivity index (χ3v) is 5.91. The van der Waals surface area contributed by atoms with Crippen LogP contribution in [-0.2, 0) is 0 Å². The summed E-state index contributed by atoms with van der Waals surface area (Å²) >= 11 is 5.55. The summed E-state index contributed by atoms with van der Waals surface area (Å²) in [6.07, 6.45) is 10.3. The lowest BCUT2D eigenvalue weighted by Gasteiger charge is -2.20. The molecule has 3 heteroatoms. The van der Waals surface area contributed by atoms with Crippen LogP contribution in [0.4, 0.5) is 0 Å². The zero-order chi connectivity index (χ0) is 13.7. The Kier molecular flexibility index (Phi) is 6.11. The number of allylic oxidation sites excluding steroid dienone is 1. The predicted octanol–water partition coefficient (Wildman–Crippen LogP) is 5.75. The molecular formula is C16H24BrNS. The molecule has 1 nitrogen and oxygen atoms in total. The van der Waals surface area contributed by atoms with Gasteiger partial charge in [-0.25, -0.2) is 0 Å². The third kappa shape index (κ3) is 4.17. The van der Waals surface area contributed by atoms with Crippen LogP contribution in [0.2, 0.25) is 0 Å². The monoisotopic (exact) mass is 341 g/mol. The standard InChI is InChI=1S/C16H24BrNS/c1-3-10-18-15(13-8-6-4-5-7-9-13)14-11-12(2)16(17)19-14/h8,11,15,18H,3-7,9-10H2,1-2H3. The second-order valence-electron chi connectivity index (χ2n) is 5.37. The van der Waals surface area contributed by atoms with E-state index in [1.54, 1.807) is 5.57 Å². The average Bonchev–Trinajstić information content (AvgIpc) is 2.61. The lowest BCUT2D eigenvalue weighted by atomic mass is 10.00. The van der Waals surface area contributed by atoms with Crippen molar-refractivity contribution in [2.75, 3.05) is 6.54 Å². The first-order valence-corrected chi connectivity index (χ1v) is 9.01. The van der Waals surface area contributed by atoms with E-state index in [9.17, 15) is 0 Å². The van der Waals surface area contributed by atoms with Crippen molar-refractivity contribution in [2.45, 2.75) is 58.4 Å². The summed E-state index contributed by atoms with van der Waals surface area (Å²) in [5, 5.41) is 3.75. The topological polar surface area (TPSA) is 12.0 Å². The maximum Gasteiger partial charge on any atom is 0.0731 e. The van der Waals surface area contributed by atoms with Crippen LogP contribution in [0, 0.1) is 6.92 Å². The summed E-state index contributed by atoms with van der Waals surface area (Å²) in [5.41, 5.74) is 2.97. The van der Waals surface area contributed by atoms with Crippen molar-refractivity contribution in [1.29, 1.82) is 0 Å². The van der Waals surface area contributed by atoms with E-state index in [-0.39, 0.29) is 0 Å². The Morgan fingerprint density at radius 3 is 2.89 bits per heavy atom. The lowest BCUT2D eigenvalue weighted by molar-refractivity contribution is 0.573. The Bertz CT molecular complexity index is 416. The van der Waals surface area contributed by atoms with Crippen molar-refractivity contribution < 1.29 is 0 Å². The number of hydrogen-bond acceptors (Lipinski definition) is 2. The van der Waals surface area contributed by atoms with Gasteiger partial charge in [-0.3, -0.25) is 0 Å². The molecule has 1 aromatic rings. The van der Waals surface area contributed by atoms with Crippen molar-refractivity contribution >= 4 is 27.3 Å². The van der Waals surface area contributed by atoms with Crippen molar-refractivity contribution in [1.82, 2.24) is 5.32 Å². The van der Waals surface area contributed by atoms with Crippen LogP contribution in [0.25, 0.3) is 0 Å². The number of hydrogen-bond donors (Lipinski definition) is 1. The molecule has 0 spiro atoms. The molecule has 19 heavy (non-hydrogen) atoms. The molecule has 0 aliphatic heterocycles. The molecular weight excluding hydrogens is 318 g/mol. The summed E-state index contributed by atoms with van der Waals surface area (Å²) in [7, 11) is 0. The van der Waals surface area contributed by atoms with Gasteiger partial charge in [0.25, 0.3) is 0 Å². The molecule has 0 bridgehead atoms. The zero-order valence-corrected chi connectivity index (χ0v) is 14.4. The molecule has 1 heterocycles. The molecule has 0 fully saturated rings. The van der Waals surface area contributed by atoms with E-state index in [2.05, 4.69) is 47.2 Å². The highest BCUT2D eigenvalue weighted by Gasteiger charge is 2.19. The fraction of sp³-hybridized carbons (Fsp3) is 0.625. The van der Waals surface area contributed by atoms with E-state index in [4.69, 9.17) is 0 Å². The lowest BCUT2D eigenvalue weighted by Crippen LogP contribution is -2.23. The smallest absolute Gasteiger partial charge is 0.0731 e. The minimum Gasteiger partial charge on any atom is -0.306 e. The van der Waals surface area contributed by atoms with Crippen LogP contribution in [0.15, 0.2) is 21.5 Å². The molecule has 0 radical (unpaired) electrons. The second-order valence-corrected chi connectivity index (χ2v) is 7.77. The number of rotatable bonds is 5. The zero-order valence-electron chi connectivity index (χ0n) is 12.0.